The summed E-state index contributed by atoms with van der Waals surface area (Å²) in [5.41, 5.74) is 0. The molecule has 1 aliphatic rings. The van der Waals surface area contributed by atoms with Gasteiger partial charge in [0.1, 0.15) is 5.83 Å². The Morgan fingerprint density at radius 3 is 2.50 bits per heavy atom. The van der Waals surface area contributed by atoms with Crippen LogP contribution in [0.1, 0.15) is 6.42 Å². The van der Waals surface area contributed by atoms with E-state index in [1.807, 2.05) is 0 Å². The SMILES string of the molecule is F[C]1C=CC=C(F)C1. The largest absolute Gasteiger partial charge is 0.235 e. The molecule has 0 atom stereocenters. The molecular formula is C6H5F2. The Balaban J connectivity index is 2.59. The third-order valence-corrected chi connectivity index (χ3v) is 0.892. The Morgan fingerprint density at radius 2 is 2.12 bits per heavy atom. The third kappa shape index (κ3) is 1.15. The van der Waals surface area contributed by atoms with Crippen LogP contribution in [-0.2, 0) is 0 Å². The quantitative estimate of drug-likeness (QED) is 0.454. The van der Waals surface area contributed by atoms with E-state index >= 15 is 0 Å². The van der Waals surface area contributed by atoms with E-state index in [4.69, 9.17) is 0 Å². The Kier molecular flexibility index (Phi) is 1.42. The molecule has 0 aromatic carbocycles. The first-order chi connectivity index (χ1) is 3.79. The minimum absolute atomic E-state index is 0.170. The topological polar surface area (TPSA) is 0 Å². The van der Waals surface area contributed by atoms with Gasteiger partial charge in [-0.2, -0.15) is 0 Å². The second-order valence-corrected chi connectivity index (χ2v) is 1.60. The summed E-state index contributed by atoms with van der Waals surface area (Å²) >= 11 is 0. The monoisotopic (exact) mass is 115 g/mol. The van der Waals surface area contributed by atoms with Crippen molar-refractivity contribution in [1.29, 1.82) is 0 Å². The second kappa shape index (κ2) is 2.07. The van der Waals surface area contributed by atoms with Crippen molar-refractivity contribution in [3.8, 4) is 0 Å². The maximum Gasteiger partial charge on any atom is 0.173 e. The van der Waals surface area contributed by atoms with Crippen molar-refractivity contribution < 1.29 is 8.78 Å². The lowest BCUT2D eigenvalue weighted by Gasteiger charge is -2.01. The van der Waals surface area contributed by atoms with E-state index < -0.39 is 12.0 Å². The van der Waals surface area contributed by atoms with Crippen molar-refractivity contribution >= 4 is 0 Å². The smallest absolute Gasteiger partial charge is 0.173 e. The first-order valence-electron chi connectivity index (χ1n) is 2.33. The average Bonchev–Trinajstić information content (AvgIpc) is 1.64. The number of rotatable bonds is 0. The van der Waals surface area contributed by atoms with Gasteiger partial charge in [0.25, 0.3) is 0 Å². The molecule has 0 amide bonds. The molecule has 8 heavy (non-hydrogen) atoms. The van der Waals surface area contributed by atoms with Crippen molar-refractivity contribution in [2.24, 2.45) is 0 Å². The van der Waals surface area contributed by atoms with Gasteiger partial charge in [-0.25, -0.2) is 8.78 Å². The number of hydrogen-bond donors (Lipinski definition) is 0. The van der Waals surface area contributed by atoms with Crippen LogP contribution in [0, 0.1) is 6.17 Å². The molecule has 43 valence electrons. The first-order valence-corrected chi connectivity index (χ1v) is 2.33. The van der Waals surface area contributed by atoms with Crippen molar-refractivity contribution in [3.05, 3.63) is 30.2 Å². The average molecular weight is 115 g/mol. The van der Waals surface area contributed by atoms with Crippen LogP contribution in [0.4, 0.5) is 8.78 Å². The molecular weight excluding hydrogens is 110 g/mol. The van der Waals surface area contributed by atoms with Gasteiger partial charge in [0, 0.05) is 6.42 Å². The van der Waals surface area contributed by atoms with Crippen LogP contribution in [0.25, 0.3) is 0 Å². The summed E-state index contributed by atoms with van der Waals surface area (Å²) < 4.78 is 24.0. The van der Waals surface area contributed by atoms with Crippen molar-refractivity contribution in [1.82, 2.24) is 0 Å². The van der Waals surface area contributed by atoms with E-state index in [1.165, 1.54) is 18.2 Å². The van der Waals surface area contributed by atoms with E-state index in [2.05, 4.69) is 0 Å². The van der Waals surface area contributed by atoms with E-state index in [-0.39, 0.29) is 6.42 Å². The Bertz CT molecular complexity index is 135. The molecule has 0 aromatic rings. The molecule has 0 heterocycles. The van der Waals surface area contributed by atoms with E-state index in [0.717, 1.165) is 0 Å². The zero-order valence-corrected chi connectivity index (χ0v) is 4.20. The van der Waals surface area contributed by atoms with Gasteiger partial charge < -0.3 is 0 Å². The highest BCUT2D eigenvalue weighted by molar-refractivity contribution is 5.22. The molecule has 0 fully saturated rings. The maximum absolute atomic E-state index is 12.0. The molecule has 0 saturated heterocycles. The van der Waals surface area contributed by atoms with E-state index in [1.54, 1.807) is 0 Å². The van der Waals surface area contributed by atoms with Gasteiger partial charge in [0.05, 0.1) is 0 Å². The Hall–Kier alpha value is -0.660. The van der Waals surface area contributed by atoms with E-state index in [0.29, 0.717) is 0 Å². The van der Waals surface area contributed by atoms with E-state index in [9.17, 15) is 8.78 Å². The summed E-state index contributed by atoms with van der Waals surface area (Å²) in [4.78, 5) is 0. The molecule has 0 saturated carbocycles. The summed E-state index contributed by atoms with van der Waals surface area (Å²) in [5, 5.41) is 0. The molecule has 0 aromatic heterocycles. The fourth-order valence-electron chi connectivity index (χ4n) is 0.536. The maximum atomic E-state index is 12.0. The minimum atomic E-state index is -0.412. The lowest BCUT2D eigenvalue weighted by atomic mass is 10.1. The summed E-state index contributed by atoms with van der Waals surface area (Å²) in [6, 6.07) is 0. The van der Waals surface area contributed by atoms with Gasteiger partial charge in [-0.05, 0) is 12.2 Å². The van der Waals surface area contributed by atoms with Crippen molar-refractivity contribution in [3.63, 3.8) is 0 Å². The minimum Gasteiger partial charge on any atom is -0.235 e. The first kappa shape index (κ1) is 5.48. The zero-order valence-electron chi connectivity index (χ0n) is 4.20. The highest BCUT2D eigenvalue weighted by Crippen LogP contribution is 2.21. The fourth-order valence-corrected chi connectivity index (χ4v) is 0.536. The van der Waals surface area contributed by atoms with Crippen LogP contribution in [-0.4, -0.2) is 0 Å². The summed E-state index contributed by atoms with van der Waals surface area (Å²) in [6.45, 7) is 0. The van der Waals surface area contributed by atoms with Crippen LogP contribution in [0.5, 0.6) is 0 Å². The van der Waals surface area contributed by atoms with Gasteiger partial charge in [0.15, 0.2) is 6.17 Å². The van der Waals surface area contributed by atoms with Crippen LogP contribution in [0.2, 0.25) is 0 Å². The molecule has 0 nitrogen and oxygen atoms in total. The van der Waals surface area contributed by atoms with Crippen molar-refractivity contribution in [2.45, 2.75) is 6.42 Å². The number of halogens is 2. The Morgan fingerprint density at radius 1 is 1.38 bits per heavy atom. The van der Waals surface area contributed by atoms with Crippen LogP contribution in [0.3, 0.4) is 0 Å². The van der Waals surface area contributed by atoms with Crippen LogP contribution in [0.15, 0.2) is 24.1 Å². The molecule has 0 spiro atoms. The molecule has 2 heteroatoms. The molecule has 1 radical (unpaired) electrons. The molecule has 1 rings (SSSR count). The third-order valence-electron chi connectivity index (χ3n) is 0.892. The second-order valence-electron chi connectivity index (χ2n) is 1.60. The number of allylic oxidation sites excluding steroid dienone is 4. The van der Waals surface area contributed by atoms with Gasteiger partial charge in [-0.1, -0.05) is 6.08 Å². The molecule has 0 bridgehead atoms. The Labute approximate surface area is 46.5 Å². The highest BCUT2D eigenvalue weighted by Gasteiger charge is 2.08. The molecule has 0 unspecified atom stereocenters. The lowest BCUT2D eigenvalue weighted by Crippen LogP contribution is -1.88. The van der Waals surface area contributed by atoms with Crippen molar-refractivity contribution in [2.75, 3.05) is 0 Å². The van der Waals surface area contributed by atoms with Gasteiger partial charge in [0.2, 0.25) is 0 Å². The molecule has 1 aliphatic carbocycles. The predicted octanol–water partition coefficient (Wildman–Crippen LogP) is 2.30. The van der Waals surface area contributed by atoms with Gasteiger partial charge >= 0.3 is 0 Å². The fraction of sp³-hybridized carbons (Fsp3) is 0.167. The number of hydrogen-bond acceptors (Lipinski definition) is 0. The summed E-state index contributed by atoms with van der Waals surface area (Å²) in [5.74, 6) is -0.412. The molecule has 0 N–H and O–H groups in total. The predicted molar refractivity (Wildman–Crippen MR) is 27.3 cm³/mol. The highest BCUT2D eigenvalue weighted by atomic mass is 19.1. The van der Waals surface area contributed by atoms with Gasteiger partial charge in [-0.3, -0.25) is 0 Å². The lowest BCUT2D eigenvalue weighted by molar-refractivity contribution is 0.477. The summed E-state index contributed by atoms with van der Waals surface area (Å²) in [7, 11) is 0. The summed E-state index contributed by atoms with van der Waals surface area (Å²) in [6.07, 6.45) is 3.28. The van der Waals surface area contributed by atoms with Gasteiger partial charge in [-0.15, -0.1) is 0 Å². The van der Waals surface area contributed by atoms with Crippen LogP contribution < -0.4 is 0 Å². The molecule has 0 aliphatic heterocycles. The normalized spacial score (nSPS) is 21.0. The van der Waals surface area contributed by atoms with Crippen LogP contribution >= 0.6 is 0 Å². The standard InChI is InChI=1S/C6H5F2/c7-5-2-1-3-6(8)4-5/h1-3H,4H2. The zero-order chi connectivity index (χ0) is 5.98.